The Labute approximate surface area is 124 Å². The first-order chi connectivity index (χ1) is 8.61. The van der Waals surface area contributed by atoms with E-state index in [0.29, 0.717) is 11.6 Å². The van der Waals surface area contributed by atoms with Gasteiger partial charge in [0.25, 0.3) is 0 Å². The van der Waals surface area contributed by atoms with Crippen LogP contribution in [0.4, 0.5) is 11.5 Å². The zero-order chi connectivity index (χ0) is 13.1. The molecule has 6 heteroatoms. The van der Waals surface area contributed by atoms with Crippen molar-refractivity contribution in [3.63, 3.8) is 0 Å². The maximum Gasteiger partial charge on any atom is 0.199 e. The van der Waals surface area contributed by atoms with Gasteiger partial charge in [0, 0.05) is 9.26 Å². The SMILES string of the molecule is COc1c(Cl)ncnc1Nc1ccc(C)c(I)c1. The molecule has 2 rings (SSSR count). The number of aromatic nitrogens is 2. The molecule has 0 atom stereocenters. The number of aryl methyl sites for hydroxylation is 1. The van der Waals surface area contributed by atoms with Crippen LogP contribution in [0.25, 0.3) is 0 Å². The van der Waals surface area contributed by atoms with E-state index in [1.54, 1.807) is 0 Å². The molecule has 0 aliphatic rings. The molecule has 1 N–H and O–H groups in total. The summed E-state index contributed by atoms with van der Waals surface area (Å²) in [7, 11) is 1.54. The number of halogens is 2. The van der Waals surface area contributed by atoms with E-state index in [9.17, 15) is 0 Å². The van der Waals surface area contributed by atoms with E-state index >= 15 is 0 Å². The second-order valence-corrected chi connectivity index (χ2v) is 5.16. The van der Waals surface area contributed by atoms with Crippen molar-refractivity contribution in [1.82, 2.24) is 9.97 Å². The Morgan fingerprint density at radius 3 is 2.78 bits per heavy atom. The normalized spacial score (nSPS) is 10.2. The average Bonchev–Trinajstić information content (AvgIpc) is 2.34. The predicted octanol–water partition coefficient (Wildman–Crippen LogP) is 3.80. The fourth-order valence-corrected chi connectivity index (χ4v) is 2.16. The number of ether oxygens (including phenoxy) is 1. The van der Waals surface area contributed by atoms with Gasteiger partial charge in [0.1, 0.15) is 6.33 Å². The van der Waals surface area contributed by atoms with Gasteiger partial charge in [0.15, 0.2) is 16.7 Å². The lowest BCUT2D eigenvalue weighted by molar-refractivity contribution is 0.413. The van der Waals surface area contributed by atoms with Gasteiger partial charge in [-0.2, -0.15) is 0 Å². The number of hydrogen-bond acceptors (Lipinski definition) is 4. The minimum atomic E-state index is 0.289. The van der Waals surface area contributed by atoms with Crippen LogP contribution in [0.15, 0.2) is 24.5 Å². The number of rotatable bonds is 3. The second kappa shape index (κ2) is 5.71. The molecule has 1 aromatic carbocycles. The zero-order valence-electron chi connectivity index (χ0n) is 9.87. The van der Waals surface area contributed by atoms with E-state index in [1.165, 1.54) is 22.6 Å². The van der Waals surface area contributed by atoms with E-state index in [1.807, 2.05) is 18.2 Å². The van der Waals surface area contributed by atoms with Crippen LogP contribution in [0.5, 0.6) is 5.75 Å². The van der Waals surface area contributed by atoms with E-state index in [4.69, 9.17) is 16.3 Å². The van der Waals surface area contributed by atoms with Crippen LogP contribution in [0.1, 0.15) is 5.56 Å². The molecule has 0 aliphatic carbocycles. The molecule has 0 unspecified atom stereocenters. The average molecular weight is 376 g/mol. The van der Waals surface area contributed by atoms with Crippen molar-refractivity contribution in [2.45, 2.75) is 6.92 Å². The highest BCUT2D eigenvalue weighted by Crippen LogP contribution is 2.31. The van der Waals surface area contributed by atoms with Crippen molar-refractivity contribution in [3.05, 3.63) is 38.8 Å². The lowest BCUT2D eigenvalue weighted by Gasteiger charge is -2.11. The Kier molecular flexibility index (Phi) is 4.23. The molecule has 0 spiro atoms. The van der Waals surface area contributed by atoms with Gasteiger partial charge in [0.2, 0.25) is 0 Å². The summed E-state index contributed by atoms with van der Waals surface area (Å²) in [5.74, 6) is 0.993. The molecule has 0 aliphatic heterocycles. The van der Waals surface area contributed by atoms with Crippen LogP contribution in [-0.4, -0.2) is 17.1 Å². The molecule has 1 aromatic heterocycles. The topological polar surface area (TPSA) is 47.0 Å². The number of nitrogens with zero attached hydrogens (tertiary/aromatic N) is 2. The first kappa shape index (κ1) is 13.4. The molecule has 0 radical (unpaired) electrons. The highest BCUT2D eigenvalue weighted by atomic mass is 127. The number of methoxy groups -OCH3 is 1. The van der Waals surface area contributed by atoms with Gasteiger partial charge >= 0.3 is 0 Å². The number of benzene rings is 1. The van der Waals surface area contributed by atoms with Crippen LogP contribution in [-0.2, 0) is 0 Å². The summed E-state index contributed by atoms with van der Waals surface area (Å²) in [5, 5.41) is 3.46. The molecule has 4 nitrogen and oxygen atoms in total. The second-order valence-electron chi connectivity index (χ2n) is 3.64. The summed E-state index contributed by atoms with van der Waals surface area (Å²) >= 11 is 8.22. The van der Waals surface area contributed by atoms with Crippen LogP contribution in [0, 0.1) is 10.5 Å². The molecule has 18 heavy (non-hydrogen) atoms. The predicted molar refractivity (Wildman–Crippen MR) is 80.8 cm³/mol. The Morgan fingerprint density at radius 1 is 1.33 bits per heavy atom. The number of hydrogen-bond donors (Lipinski definition) is 1. The first-order valence-corrected chi connectivity index (χ1v) is 6.65. The van der Waals surface area contributed by atoms with E-state index in [-0.39, 0.29) is 5.15 Å². The fraction of sp³-hybridized carbons (Fsp3) is 0.167. The molecule has 2 aromatic rings. The van der Waals surface area contributed by atoms with Crippen LogP contribution in [0.2, 0.25) is 5.15 Å². The Hall–Kier alpha value is -1.08. The summed E-state index contributed by atoms with van der Waals surface area (Å²) < 4.78 is 6.36. The van der Waals surface area contributed by atoms with Crippen molar-refractivity contribution in [2.24, 2.45) is 0 Å². The smallest absolute Gasteiger partial charge is 0.199 e. The third-order valence-electron chi connectivity index (χ3n) is 2.40. The van der Waals surface area contributed by atoms with Crippen molar-refractivity contribution in [2.75, 3.05) is 12.4 Å². The molecular formula is C12H11ClIN3O. The monoisotopic (exact) mass is 375 g/mol. The Morgan fingerprint density at radius 2 is 2.11 bits per heavy atom. The third kappa shape index (κ3) is 2.84. The van der Waals surface area contributed by atoms with Crippen LogP contribution < -0.4 is 10.1 Å². The summed E-state index contributed by atoms with van der Waals surface area (Å²) in [5.41, 5.74) is 2.16. The third-order valence-corrected chi connectivity index (χ3v) is 3.83. The molecule has 0 amide bonds. The maximum absolute atomic E-state index is 5.93. The minimum absolute atomic E-state index is 0.289. The lowest BCUT2D eigenvalue weighted by Crippen LogP contribution is -1.99. The summed E-state index contributed by atoms with van der Waals surface area (Å²) in [4.78, 5) is 8.00. The van der Waals surface area contributed by atoms with E-state index in [0.717, 1.165) is 5.69 Å². The zero-order valence-corrected chi connectivity index (χ0v) is 12.8. The first-order valence-electron chi connectivity index (χ1n) is 5.19. The lowest BCUT2D eigenvalue weighted by atomic mass is 10.2. The number of nitrogens with one attached hydrogen (secondary N) is 1. The largest absolute Gasteiger partial charge is 0.490 e. The van der Waals surface area contributed by atoms with Crippen LogP contribution >= 0.6 is 34.2 Å². The van der Waals surface area contributed by atoms with Crippen molar-refractivity contribution < 1.29 is 4.74 Å². The molecule has 0 fully saturated rings. The van der Waals surface area contributed by atoms with Crippen LogP contribution in [0.3, 0.4) is 0 Å². The fourth-order valence-electron chi connectivity index (χ4n) is 1.43. The van der Waals surface area contributed by atoms with Gasteiger partial charge in [0.05, 0.1) is 7.11 Å². The molecule has 1 heterocycles. The maximum atomic E-state index is 5.93. The summed E-state index contributed by atoms with van der Waals surface area (Å²) in [6.07, 6.45) is 1.40. The molecule has 0 saturated heterocycles. The van der Waals surface area contributed by atoms with Crippen molar-refractivity contribution in [1.29, 1.82) is 0 Å². The molecule has 0 saturated carbocycles. The Bertz CT molecular complexity index is 577. The van der Waals surface area contributed by atoms with Gasteiger partial charge < -0.3 is 10.1 Å². The quantitative estimate of drug-likeness (QED) is 0.655. The van der Waals surface area contributed by atoms with Gasteiger partial charge in [-0.3, -0.25) is 0 Å². The van der Waals surface area contributed by atoms with Gasteiger partial charge in [-0.15, -0.1) is 0 Å². The standard InChI is InChI=1S/C12H11ClIN3O/c1-7-3-4-8(5-9(7)14)17-12-10(18-2)11(13)15-6-16-12/h3-6H,1-2H3,(H,15,16,17). The molecule has 94 valence electrons. The molecular weight excluding hydrogens is 365 g/mol. The highest BCUT2D eigenvalue weighted by molar-refractivity contribution is 14.1. The number of anilines is 2. The minimum Gasteiger partial charge on any atom is -0.490 e. The van der Waals surface area contributed by atoms with E-state index < -0.39 is 0 Å². The Balaban J connectivity index is 2.34. The summed E-state index contributed by atoms with van der Waals surface area (Å²) in [6, 6.07) is 6.05. The van der Waals surface area contributed by atoms with Gasteiger partial charge in [-0.05, 0) is 47.2 Å². The van der Waals surface area contributed by atoms with Crippen molar-refractivity contribution >= 4 is 45.7 Å². The van der Waals surface area contributed by atoms with Gasteiger partial charge in [-0.1, -0.05) is 17.7 Å². The summed E-state index contributed by atoms with van der Waals surface area (Å²) in [6.45, 7) is 2.06. The van der Waals surface area contributed by atoms with E-state index in [2.05, 4.69) is 44.8 Å². The van der Waals surface area contributed by atoms with Gasteiger partial charge in [-0.25, -0.2) is 9.97 Å². The highest BCUT2D eigenvalue weighted by Gasteiger charge is 2.10. The molecule has 0 bridgehead atoms. The van der Waals surface area contributed by atoms with Crippen molar-refractivity contribution in [3.8, 4) is 5.75 Å².